The number of halogens is 1. The van der Waals surface area contributed by atoms with E-state index in [4.69, 9.17) is 4.74 Å². The normalized spacial score (nSPS) is 13.3. The Balaban J connectivity index is 1.94. The van der Waals surface area contributed by atoms with Crippen LogP contribution in [-0.2, 0) is 4.79 Å². The quantitative estimate of drug-likeness (QED) is 0.920. The van der Waals surface area contributed by atoms with Gasteiger partial charge in [-0.05, 0) is 43.7 Å². The molecular weight excluding hydrogens is 271 g/mol. The van der Waals surface area contributed by atoms with E-state index in [9.17, 15) is 9.18 Å². The first kappa shape index (κ1) is 15.0. The zero-order chi connectivity index (χ0) is 15.2. The average Bonchev–Trinajstić information content (AvgIpc) is 2.48. The van der Waals surface area contributed by atoms with Crippen LogP contribution >= 0.6 is 0 Å². The van der Waals surface area contributed by atoms with Gasteiger partial charge in [0.15, 0.2) is 6.10 Å². The summed E-state index contributed by atoms with van der Waals surface area (Å²) in [5.41, 5.74) is 0.955. The molecule has 0 fully saturated rings. The first-order chi connectivity index (χ1) is 10.1. The fourth-order valence-corrected chi connectivity index (χ4v) is 1.86. The largest absolute Gasteiger partial charge is 0.481 e. The van der Waals surface area contributed by atoms with Crippen molar-refractivity contribution >= 4 is 5.91 Å². The lowest BCUT2D eigenvalue weighted by molar-refractivity contribution is -0.127. The topological polar surface area (TPSA) is 51.2 Å². The van der Waals surface area contributed by atoms with Crippen LogP contribution in [0.5, 0.6) is 5.75 Å². The van der Waals surface area contributed by atoms with Crippen LogP contribution in [0.4, 0.5) is 4.39 Å². The van der Waals surface area contributed by atoms with Crippen molar-refractivity contribution in [3.05, 3.63) is 60.2 Å². The molecule has 1 aromatic carbocycles. The Morgan fingerprint density at radius 2 is 1.95 bits per heavy atom. The summed E-state index contributed by atoms with van der Waals surface area (Å²) in [4.78, 5) is 16.0. The van der Waals surface area contributed by atoms with E-state index >= 15 is 0 Å². The average molecular weight is 288 g/mol. The molecular formula is C16H17FN2O2. The van der Waals surface area contributed by atoms with Gasteiger partial charge in [0.25, 0.3) is 5.91 Å². The van der Waals surface area contributed by atoms with Gasteiger partial charge in [0.1, 0.15) is 11.6 Å². The molecule has 2 rings (SSSR count). The number of ether oxygens (including phenoxy) is 1. The highest BCUT2D eigenvalue weighted by molar-refractivity contribution is 5.81. The summed E-state index contributed by atoms with van der Waals surface area (Å²) in [6, 6.07) is 9.23. The number of nitrogens with one attached hydrogen (secondary N) is 1. The monoisotopic (exact) mass is 288 g/mol. The highest BCUT2D eigenvalue weighted by Gasteiger charge is 2.17. The maximum atomic E-state index is 13.1. The summed E-state index contributed by atoms with van der Waals surface area (Å²) in [6.07, 6.45) is 2.63. The molecule has 0 aliphatic carbocycles. The van der Waals surface area contributed by atoms with Crippen LogP contribution in [0.25, 0.3) is 0 Å². The van der Waals surface area contributed by atoms with Gasteiger partial charge in [0, 0.05) is 18.5 Å². The number of benzene rings is 1. The lowest BCUT2D eigenvalue weighted by Gasteiger charge is -2.19. The second-order valence-corrected chi connectivity index (χ2v) is 4.73. The molecule has 4 nitrogen and oxygen atoms in total. The molecule has 0 saturated heterocycles. The van der Waals surface area contributed by atoms with E-state index in [0.29, 0.717) is 5.75 Å². The summed E-state index contributed by atoms with van der Waals surface area (Å²) in [5.74, 6) is -0.331. The Labute approximate surface area is 123 Å². The van der Waals surface area contributed by atoms with Crippen LogP contribution in [0.15, 0.2) is 48.8 Å². The van der Waals surface area contributed by atoms with Gasteiger partial charge in [0.05, 0.1) is 6.04 Å². The third-order valence-corrected chi connectivity index (χ3v) is 3.04. The highest BCUT2D eigenvalue weighted by Crippen LogP contribution is 2.15. The molecule has 2 atom stereocenters. The van der Waals surface area contributed by atoms with Gasteiger partial charge in [-0.2, -0.15) is 0 Å². The Bertz CT molecular complexity index is 604. The molecule has 0 unspecified atom stereocenters. The maximum Gasteiger partial charge on any atom is 0.261 e. The molecule has 1 N–H and O–H groups in total. The van der Waals surface area contributed by atoms with E-state index in [0.717, 1.165) is 5.56 Å². The number of aromatic nitrogens is 1. The first-order valence-electron chi connectivity index (χ1n) is 6.69. The van der Waals surface area contributed by atoms with Crippen LogP contribution < -0.4 is 10.1 Å². The van der Waals surface area contributed by atoms with Crippen LogP contribution in [0.2, 0.25) is 0 Å². The molecule has 1 aromatic heterocycles. The van der Waals surface area contributed by atoms with Crippen LogP contribution in [0.1, 0.15) is 25.5 Å². The molecule has 1 amide bonds. The predicted molar refractivity (Wildman–Crippen MR) is 77.3 cm³/mol. The number of hydrogen-bond donors (Lipinski definition) is 1. The minimum absolute atomic E-state index is 0.154. The number of rotatable bonds is 5. The molecule has 1 heterocycles. The van der Waals surface area contributed by atoms with Gasteiger partial charge in [-0.1, -0.05) is 6.07 Å². The summed E-state index contributed by atoms with van der Waals surface area (Å²) >= 11 is 0. The Kier molecular flexibility index (Phi) is 4.87. The Morgan fingerprint density at radius 1 is 1.24 bits per heavy atom. The van der Waals surface area contributed by atoms with Crippen molar-refractivity contribution in [2.75, 3.05) is 0 Å². The Morgan fingerprint density at radius 3 is 2.62 bits per heavy atom. The van der Waals surface area contributed by atoms with E-state index in [1.807, 2.05) is 19.1 Å². The fraction of sp³-hybridized carbons (Fsp3) is 0.250. The summed E-state index contributed by atoms with van der Waals surface area (Å²) in [6.45, 7) is 3.50. The summed E-state index contributed by atoms with van der Waals surface area (Å²) in [7, 11) is 0. The number of hydrogen-bond acceptors (Lipinski definition) is 3. The van der Waals surface area contributed by atoms with Crippen molar-refractivity contribution in [2.45, 2.75) is 26.0 Å². The van der Waals surface area contributed by atoms with Crippen molar-refractivity contribution in [1.82, 2.24) is 10.3 Å². The van der Waals surface area contributed by atoms with Gasteiger partial charge in [-0.3, -0.25) is 9.78 Å². The fourth-order valence-electron chi connectivity index (χ4n) is 1.86. The van der Waals surface area contributed by atoms with Crippen LogP contribution in [0, 0.1) is 5.82 Å². The van der Waals surface area contributed by atoms with E-state index in [2.05, 4.69) is 10.3 Å². The van der Waals surface area contributed by atoms with Crippen LogP contribution in [-0.4, -0.2) is 17.0 Å². The minimum Gasteiger partial charge on any atom is -0.481 e. The molecule has 5 heteroatoms. The number of amides is 1. The van der Waals surface area contributed by atoms with Crippen molar-refractivity contribution in [1.29, 1.82) is 0 Å². The summed E-state index contributed by atoms with van der Waals surface area (Å²) in [5, 5.41) is 2.85. The van der Waals surface area contributed by atoms with Crippen LogP contribution in [0.3, 0.4) is 0 Å². The standard InChI is InChI=1S/C16H17FN2O2/c1-11(13-6-8-18-9-7-13)19-16(20)12(2)21-15-5-3-4-14(17)10-15/h3-12H,1-2H3,(H,19,20)/t11-,12+/m0/s1. The highest BCUT2D eigenvalue weighted by atomic mass is 19.1. The predicted octanol–water partition coefficient (Wildman–Crippen LogP) is 2.87. The van der Waals surface area contributed by atoms with Crippen molar-refractivity contribution in [3.63, 3.8) is 0 Å². The molecule has 0 aliphatic heterocycles. The lowest BCUT2D eigenvalue weighted by atomic mass is 10.1. The van der Waals surface area contributed by atoms with E-state index < -0.39 is 11.9 Å². The molecule has 110 valence electrons. The molecule has 0 aliphatic rings. The summed E-state index contributed by atoms with van der Waals surface area (Å²) < 4.78 is 18.5. The van der Waals surface area contributed by atoms with E-state index in [1.165, 1.54) is 18.2 Å². The third-order valence-electron chi connectivity index (χ3n) is 3.04. The molecule has 2 aromatic rings. The van der Waals surface area contributed by atoms with Gasteiger partial charge in [-0.15, -0.1) is 0 Å². The van der Waals surface area contributed by atoms with E-state index in [-0.39, 0.29) is 11.9 Å². The smallest absolute Gasteiger partial charge is 0.261 e. The van der Waals surface area contributed by atoms with Crippen molar-refractivity contribution in [3.8, 4) is 5.75 Å². The molecule has 0 radical (unpaired) electrons. The first-order valence-corrected chi connectivity index (χ1v) is 6.69. The second kappa shape index (κ2) is 6.83. The van der Waals surface area contributed by atoms with Gasteiger partial charge < -0.3 is 10.1 Å². The molecule has 0 bridgehead atoms. The number of pyridine rings is 1. The molecule has 21 heavy (non-hydrogen) atoms. The van der Waals surface area contributed by atoms with Gasteiger partial charge in [-0.25, -0.2) is 4.39 Å². The van der Waals surface area contributed by atoms with E-state index in [1.54, 1.807) is 25.4 Å². The molecule has 0 spiro atoms. The number of nitrogens with zero attached hydrogens (tertiary/aromatic N) is 1. The SMILES string of the molecule is C[C@H](NC(=O)[C@@H](C)Oc1cccc(F)c1)c1ccncc1. The zero-order valence-corrected chi connectivity index (χ0v) is 11.9. The Hall–Kier alpha value is -2.43. The maximum absolute atomic E-state index is 13.1. The van der Waals surface area contributed by atoms with Gasteiger partial charge in [0.2, 0.25) is 0 Å². The van der Waals surface area contributed by atoms with Gasteiger partial charge >= 0.3 is 0 Å². The van der Waals surface area contributed by atoms with Crippen molar-refractivity contribution in [2.24, 2.45) is 0 Å². The lowest BCUT2D eigenvalue weighted by Crippen LogP contribution is -2.37. The second-order valence-electron chi connectivity index (χ2n) is 4.73. The zero-order valence-electron chi connectivity index (χ0n) is 11.9. The minimum atomic E-state index is -0.712. The van der Waals surface area contributed by atoms with Crippen molar-refractivity contribution < 1.29 is 13.9 Å². The molecule has 0 saturated carbocycles. The number of carbonyl (C=O) groups is 1. The third kappa shape index (κ3) is 4.27. The number of carbonyl (C=O) groups excluding carboxylic acids is 1.